The number of aromatic amines is 1. The molecule has 0 fully saturated rings. The number of hydrogen-bond acceptors (Lipinski definition) is 3. The highest BCUT2D eigenvalue weighted by atomic mass is 32.2. The molecule has 0 saturated heterocycles. The summed E-state index contributed by atoms with van der Waals surface area (Å²) in [6, 6.07) is 9.59. The van der Waals surface area contributed by atoms with Gasteiger partial charge >= 0.3 is 0 Å². The van der Waals surface area contributed by atoms with Gasteiger partial charge < -0.3 is 10.1 Å². The highest BCUT2D eigenvalue weighted by Gasteiger charge is 2.27. The zero-order chi connectivity index (χ0) is 14.9. The molecule has 0 radical (unpaired) electrons. The summed E-state index contributed by atoms with van der Waals surface area (Å²) < 4.78 is 26.8. The molecule has 0 unspecified atom stereocenters. The summed E-state index contributed by atoms with van der Waals surface area (Å²) >= 11 is 0. The molecule has 2 heterocycles. The highest BCUT2D eigenvalue weighted by Crippen LogP contribution is 2.22. The van der Waals surface area contributed by atoms with E-state index in [0.29, 0.717) is 18.8 Å². The lowest BCUT2D eigenvalue weighted by molar-refractivity contribution is 0.277. The third kappa shape index (κ3) is 2.74. The second kappa shape index (κ2) is 5.63. The summed E-state index contributed by atoms with van der Waals surface area (Å²) in [5.74, 6) is 0. The number of H-pyrrole nitrogens is 1. The van der Waals surface area contributed by atoms with Crippen molar-refractivity contribution in [2.75, 3.05) is 13.1 Å². The molecule has 0 atom stereocenters. The van der Waals surface area contributed by atoms with Crippen LogP contribution in [0.4, 0.5) is 0 Å². The molecule has 2 aromatic rings. The average molecular weight is 306 g/mol. The van der Waals surface area contributed by atoms with Gasteiger partial charge in [-0.3, -0.25) is 0 Å². The van der Waals surface area contributed by atoms with Crippen LogP contribution in [-0.4, -0.2) is 35.9 Å². The summed E-state index contributed by atoms with van der Waals surface area (Å²) in [7, 11) is -3.50. The van der Waals surface area contributed by atoms with Crippen LogP contribution in [0.25, 0.3) is 0 Å². The predicted octanol–water partition coefficient (Wildman–Crippen LogP) is 1.30. The van der Waals surface area contributed by atoms with Crippen molar-refractivity contribution in [3.8, 4) is 0 Å². The van der Waals surface area contributed by atoms with Gasteiger partial charge in [0, 0.05) is 25.0 Å². The highest BCUT2D eigenvalue weighted by molar-refractivity contribution is 7.89. The first-order valence-electron chi connectivity index (χ1n) is 6.96. The van der Waals surface area contributed by atoms with Gasteiger partial charge in [0.2, 0.25) is 10.0 Å². The van der Waals surface area contributed by atoms with Crippen molar-refractivity contribution in [1.29, 1.82) is 0 Å². The van der Waals surface area contributed by atoms with Crippen LogP contribution in [0.5, 0.6) is 0 Å². The van der Waals surface area contributed by atoms with E-state index in [1.807, 2.05) is 12.1 Å². The van der Waals surface area contributed by atoms with Crippen LogP contribution in [-0.2, 0) is 29.5 Å². The van der Waals surface area contributed by atoms with Gasteiger partial charge in [0.1, 0.15) is 0 Å². The normalized spacial score (nSPS) is 16.4. The van der Waals surface area contributed by atoms with Crippen molar-refractivity contribution in [2.24, 2.45) is 0 Å². The first kappa shape index (κ1) is 14.3. The van der Waals surface area contributed by atoms with E-state index in [0.717, 1.165) is 12.8 Å². The molecule has 3 rings (SSSR count). The Balaban J connectivity index is 1.84. The standard InChI is InChI=1S/C15H18N2O3S/c18-11-14-9-15(10-16-14)21(19,20)17-7-5-12-3-1-2-4-13(12)6-8-17/h1-4,9-10,16,18H,5-8,11H2. The van der Waals surface area contributed by atoms with Crippen LogP contribution in [0.1, 0.15) is 16.8 Å². The van der Waals surface area contributed by atoms with Gasteiger partial charge in [0.15, 0.2) is 0 Å². The van der Waals surface area contributed by atoms with Crippen molar-refractivity contribution in [3.63, 3.8) is 0 Å². The number of sulfonamides is 1. The van der Waals surface area contributed by atoms with Crippen LogP contribution in [0, 0.1) is 0 Å². The van der Waals surface area contributed by atoms with Crippen molar-refractivity contribution in [1.82, 2.24) is 9.29 Å². The summed E-state index contributed by atoms with van der Waals surface area (Å²) in [5, 5.41) is 9.05. The molecular weight excluding hydrogens is 288 g/mol. The third-order valence-electron chi connectivity index (χ3n) is 3.90. The number of aromatic nitrogens is 1. The van der Waals surface area contributed by atoms with Gasteiger partial charge in [-0.05, 0) is 30.0 Å². The van der Waals surface area contributed by atoms with Gasteiger partial charge in [-0.2, -0.15) is 4.31 Å². The minimum absolute atomic E-state index is 0.193. The van der Waals surface area contributed by atoms with Crippen molar-refractivity contribution >= 4 is 10.0 Å². The Labute approximate surface area is 124 Å². The van der Waals surface area contributed by atoms with E-state index in [9.17, 15) is 8.42 Å². The molecule has 0 saturated carbocycles. The van der Waals surface area contributed by atoms with Crippen LogP contribution in [0.3, 0.4) is 0 Å². The quantitative estimate of drug-likeness (QED) is 0.897. The van der Waals surface area contributed by atoms with E-state index in [1.165, 1.54) is 27.7 Å². The molecule has 21 heavy (non-hydrogen) atoms. The maximum absolute atomic E-state index is 12.6. The van der Waals surface area contributed by atoms with Gasteiger partial charge in [0.05, 0.1) is 11.5 Å². The Morgan fingerprint density at radius 3 is 2.29 bits per heavy atom. The fourth-order valence-corrected chi connectivity index (χ4v) is 4.16. The maximum atomic E-state index is 12.6. The van der Waals surface area contributed by atoms with Crippen molar-refractivity contribution in [2.45, 2.75) is 24.3 Å². The van der Waals surface area contributed by atoms with Gasteiger partial charge in [-0.25, -0.2) is 8.42 Å². The fourth-order valence-electron chi connectivity index (χ4n) is 2.70. The van der Waals surface area contributed by atoms with Crippen molar-refractivity contribution in [3.05, 3.63) is 53.3 Å². The van der Waals surface area contributed by atoms with Gasteiger partial charge in [-0.1, -0.05) is 24.3 Å². The van der Waals surface area contributed by atoms with E-state index in [4.69, 9.17) is 5.11 Å². The Morgan fingerprint density at radius 2 is 1.76 bits per heavy atom. The summed E-state index contributed by atoms with van der Waals surface area (Å²) in [6.45, 7) is 0.777. The molecule has 1 aliphatic rings. The summed E-state index contributed by atoms with van der Waals surface area (Å²) in [6.07, 6.45) is 2.90. The second-order valence-corrected chi connectivity index (χ2v) is 7.13. The van der Waals surface area contributed by atoms with Crippen LogP contribution < -0.4 is 0 Å². The first-order valence-corrected chi connectivity index (χ1v) is 8.40. The average Bonchev–Trinajstić information content (AvgIpc) is 2.87. The Kier molecular flexibility index (Phi) is 3.84. The molecule has 1 aliphatic heterocycles. The molecule has 0 amide bonds. The SMILES string of the molecule is O=S(=O)(c1c[nH]c(CO)c1)N1CCc2ccccc2CC1. The lowest BCUT2D eigenvalue weighted by Crippen LogP contribution is -2.33. The number of nitrogens with one attached hydrogen (secondary N) is 1. The van der Waals surface area contributed by atoms with Gasteiger partial charge in [0.25, 0.3) is 0 Å². The minimum Gasteiger partial charge on any atom is -0.390 e. The van der Waals surface area contributed by atoms with E-state index in [-0.39, 0.29) is 11.5 Å². The lowest BCUT2D eigenvalue weighted by Gasteiger charge is -2.18. The summed E-state index contributed by atoms with van der Waals surface area (Å²) in [4.78, 5) is 3.00. The van der Waals surface area contributed by atoms with Gasteiger partial charge in [-0.15, -0.1) is 0 Å². The number of aliphatic hydroxyl groups is 1. The minimum atomic E-state index is -3.50. The topological polar surface area (TPSA) is 73.4 Å². The van der Waals surface area contributed by atoms with Crippen LogP contribution >= 0.6 is 0 Å². The van der Waals surface area contributed by atoms with Crippen LogP contribution in [0.15, 0.2) is 41.4 Å². The number of benzene rings is 1. The van der Waals surface area contributed by atoms with Crippen molar-refractivity contribution < 1.29 is 13.5 Å². The monoisotopic (exact) mass is 306 g/mol. The zero-order valence-electron chi connectivity index (χ0n) is 11.6. The molecule has 1 aromatic carbocycles. The Morgan fingerprint density at radius 1 is 1.14 bits per heavy atom. The molecule has 0 spiro atoms. The molecule has 112 valence electrons. The van der Waals surface area contributed by atoms with Crippen LogP contribution in [0.2, 0.25) is 0 Å². The number of rotatable bonds is 3. The smallest absolute Gasteiger partial charge is 0.244 e. The fraction of sp³-hybridized carbons (Fsp3) is 0.333. The zero-order valence-corrected chi connectivity index (χ0v) is 12.4. The van der Waals surface area contributed by atoms with E-state index in [1.54, 1.807) is 0 Å². The summed E-state index contributed by atoms with van der Waals surface area (Å²) in [5.41, 5.74) is 2.95. The number of aliphatic hydroxyl groups excluding tert-OH is 1. The predicted molar refractivity (Wildman–Crippen MR) is 79.3 cm³/mol. The molecule has 2 N–H and O–H groups in total. The van der Waals surface area contributed by atoms with E-state index in [2.05, 4.69) is 17.1 Å². The number of hydrogen-bond donors (Lipinski definition) is 2. The molecular formula is C15H18N2O3S. The maximum Gasteiger partial charge on any atom is 0.244 e. The molecule has 1 aromatic heterocycles. The second-order valence-electron chi connectivity index (χ2n) is 5.19. The molecule has 6 heteroatoms. The third-order valence-corrected chi connectivity index (χ3v) is 5.78. The number of fused-ring (bicyclic) bond motifs is 1. The molecule has 5 nitrogen and oxygen atoms in total. The molecule has 0 aliphatic carbocycles. The van der Waals surface area contributed by atoms with E-state index >= 15 is 0 Å². The first-order chi connectivity index (χ1) is 10.1. The Bertz CT molecular complexity index is 710. The Hall–Kier alpha value is -1.63. The lowest BCUT2D eigenvalue weighted by atomic mass is 10.0. The number of nitrogens with zero attached hydrogens (tertiary/aromatic N) is 1. The molecule has 0 bridgehead atoms. The largest absolute Gasteiger partial charge is 0.390 e. The van der Waals surface area contributed by atoms with E-state index < -0.39 is 10.0 Å².